The van der Waals surface area contributed by atoms with E-state index in [4.69, 9.17) is 4.74 Å². The van der Waals surface area contributed by atoms with Gasteiger partial charge in [-0.05, 0) is 42.3 Å². The quantitative estimate of drug-likeness (QED) is 0.491. The first-order valence-electron chi connectivity index (χ1n) is 11.7. The van der Waals surface area contributed by atoms with E-state index >= 15 is 0 Å². The molecule has 0 aliphatic carbocycles. The number of rotatable bonds is 9. The van der Waals surface area contributed by atoms with Gasteiger partial charge in [0.2, 0.25) is 5.91 Å². The summed E-state index contributed by atoms with van der Waals surface area (Å²) < 4.78 is 34.3. The smallest absolute Gasteiger partial charge is 0.255 e. The number of amides is 2. The van der Waals surface area contributed by atoms with E-state index in [9.17, 15) is 18.4 Å². The number of anilines is 1. The van der Waals surface area contributed by atoms with E-state index in [1.165, 1.54) is 35.2 Å². The number of likely N-dealkylation sites (tertiary alicyclic amines) is 1. The Morgan fingerprint density at radius 3 is 2.64 bits per heavy atom. The van der Waals surface area contributed by atoms with Gasteiger partial charge in [-0.15, -0.1) is 0 Å². The lowest BCUT2D eigenvalue weighted by Gasteiger charge is -2.24. The van der Waals surface area contributed by atoms with Crippen LogP contribution in [0.15, 0.2) is 60.9 Å². The van der Waals surface area contributed by atoms with Gasteiger partial charge in [0.15, 0.2) is 0 Å². The van der Waals surface area contributed by atoms with Crippen LogP contribution < -0.4 is 5.32 Å². The Morgan fingerprint density at radius 1 is 1.14 bits per heavy atom. The maximum absolute atomic E-state index is 13.4. The fourth-order valence-corrected chi connectivity index (χ4v) is 4.19. The highest BCUT2D eigenvalue weighted by molar-refractivity contribution is 6.04. The van der Waals surface area contributed by atoms with Gasteiger partial charge in [-0.2, -0.15) is 5.10 Å². The van der Waals surface area contributed by atoms with Crippen LogP contribution in [0.5, 0.6) is 0 Å². The largest absolute Gasteiger partial charge is 0.370 e. The molecule has 1 fully saturated rings. The zero-order valence-corrected chi connectivity index (χ0v) is 20.2. The Balaban J connectivity index is 1.42. The number of carbonyl (C=O) groups excluding carboxylic acids is 2. The average molecular weight is 498 g/mol. The number of ether oxygens (including phenoxy) is 1. The number of aromatic nitrogens is 2. The van der Waals surface area contributed by atoms with Crippen molar-refractivity contribution in [1.82, 2.24) is 19.6 Å². The van der Waals surface area contributed by atoms with Crippen LogP contribution in [0.1, 0.15) is 28.4 Å². The van der Waals surface area contributed by atoms with Gasteiger partial charge in [-0.1, -0.05) is 18.2 Å². The molecule has 2 atom stereocenters. The predicted molar refractivity (Wildman–Crippen MR) is 130 cm³/mol. The van der Waals surface area contributed by atoms with Gasteiger partial charge in [0, 0.05) is 45.0 Å². The summed E-state index contributed by atoms with van der Waals surface area (Å²) in [5.74, 6) is -1.30. The third kappa shape index (κ3) is 6.52. The molecule has 1 aromatic heterocycles. The van der Waals surface area contributed by atoms with E-state index in [1.807, 2.05) is 0 Å². The molecule has 4 rings (SSSR count). The molecule has 2 amide bonds. The van der Waals surface area contributed by atoms with E-state index in [0.717, 1.165) is 12.0 Å². The zero-order chi connectivity index (χ0) is 25.7. The highest BCUT2D eigenvalue weighted by Gasteiger charge is 2.34. The Bertz CT molecular complexity index is 1200. The summed E-state index contributed by atoms with van der Waals surface area (Å²) in [5.41, 5.74) is 1.69. The Labute approximate surface area is 208 Å². The summed E-state index contributed by atoms with van der Waals surface area (Å²) in [5, 5.41) is 7.18. The van der Waals surface area contributed by atoms with Gasteiger partial charge in [0.25, 0.3) is 5.91 Å². The molecule has 190 valence electrons. The molecule has 0 radical (unpaired) electrons. The average Bonchev–Trinajstić information content (AvgIpc) is 3.47. The number of benzene rings is 2. The monoisotopic (exact) mass is 497 g/mol. The third-order valence-corrected chi connectivity index (χ3v) is 6.16. The van der Waals surface area contributed by atoms with Gasteiger partial charge in [0.05, 0.1) is 24.5 Å². The molecule has 0 spiro atoms. The van der Waals surface area contributed by atoms with E-state index in [0.29, 0.717) is 25.4 Å². The van der Waals surface area contributed by atoms with E-state index in [1.54, 1.807) is 49.4 Å². The molecule has 36 heavy (non-hydrogen) atoms. The van der Waals surface area contributed by atoms with Crippen LogP contribution in [0.3, 0.4) is 0 Å². The van der Waals surface area contributed by atoms with Crippen LogP contribution >= 0.6 is 0 Å². The zero-order valence-electron chi connectivity index (χ0n) is 20.2. The van der Waals surface area contributed by atoms with Crippen molar-refractivity contribution < 1.29 is 23.1 Å². The van der Waals surface area contributed by atoms with Crippen molar-refractivity contribution in [3.8, 4) is 0 Å². The molecule has 1 N–H and O–H groups in total. The molecule has 0 saturated carbocycles. The highest BCUT2D eigenvalue weighted by Crippen LogP contribution is 2.29. The van der Waals surface area contributed by atoms with Crippen LogP contribution in [-0.2, 0) is 16.1 Å². The molecule has 1 saturated heterocycles. The first-order valence-corrected chi connectivity index (χ1v) is 11.7. The summed E-state index contributed by atoms with van der Waals surface area (Å²) in [7, 11) is 3.36. The lowest BCUT2D eigenvalue weighted by Crippen LogP contribution is -2.34. The summed E-state index contributed by atoms with van der Waals surface area (Å²) in [6.45, 7) is 1.61. The molecular formula is C26H29F2N5O3. The standard InChI is InChI=1S/C26H29F2N5O3/c1-31(2)25(34)17-36-16-24-11-23(15-32(24)13-18-6-8-20(27)9-7-18)33-14-22(12-29-33)30-26(35)19-4-3-5-21(28)10-19/h3-10,12,14,23-24H,11,13,15-17H2,1-2H3,(H,30,35)/t23-,24-/m0/s1. The van der Waals surface area contributed by atoms with E-state index < -0.39 is 11.7 Å². The van der Waals surface area contributed by atoms with Gasteiger partial charge >= 0.3 is 0 Å². The van der Waals surface area contributed by atoms with Crippen molar-refractivity contribution in [1.29, 1.82) is 0 Å². The normalized spacial score (nSPS) is 17.8. The maximum Gasteiger partial charge on any atom is 0.255 e. The number of nitrogens with zero attached hydrogens (tertiary/aromatic N) is 4. The SMILES string of the molecule is CN(C)C(=O)COC[C@@H]1C[C@H](n2cc(NC(=O)c3cccc(F)c3)cn2)CN1Cc1ccc(F)cc1. The first-order chi connectivity index (χ1) is 17.3. The number of hydrogen-bond acceptors (Lipinski definition) is 5. The number of nitrogens with one attached hydrogen (secondary N) is 1. The van der Waals surface area contributed by atoms with Crippen molar-refractivity contribution in [3.05, 3.63) is 83.7 Å². The predicted octanol–water partition coefficient (Wildman–Crippen LogP) is 3.33. The Morgan fingerprint density at radius 2 is 1.92 bits per heavy atom. The van der Waals surface area contributed by atoms with Crippen LogP contribution in [0.4, 0.5) is 14.5 Å². The fraction of sp³-hybridized carbons (Fsp3) is 0.346. The topological polar surface area (TPSA) is 79.7 Å². The molecule has 1 aliphatic heterocycles. The van der Waals surface area contributed by atoms with Gasteiger partial charge < -0.3 is 15.0 Å². The third-order valence-electron chi connectivity index (χ3n) is 6.16. The maximum atomic E-state index is 13.4. The molecule has 0 unspecified atom stereocenters. The van der Waals surface area contributed by atoms with Crippen molar-refractivity contribution >= 4 is 17.5 Å². The highest BCUT2D eigenvalue weighted by atomic mass is 19.1. The minimum absolute atomic E-state index is 0.00317. The summed E-state index contributed by atoms with van der Waals surface area (Å²) in [6.07, 6.45) is 4.02. The van der Waals surface area contributed by atoms with E-state index in [-0.39, 0.29) is 36.0 Å². The minimum Gasteiger partial charge on any atom is -0.370 e. The number of hydrogen-bond donors (Lipinski definition) is 1. The molecule has 2 heterocycles. The number of carbonyl (C=O) groups is 2. The number of halogens is 2. The van der Waals surface area contributed by atoms with E-state index in [2.05, 4.69) is 15.3 Å². The Kier molecular flexibility index (Phi) is 8.07. The fourth-order valence-electron chi connectivity index (χ4n) is 4.19. The Hall–Kier alpha value is -3.63. The molecule has 1 aliphatic rings. The molecule has 0 bridgehead atoms. The molecule has 3 aromatic rings. The lowest BCUT2D eigenvalue weighted by atomic mass is 10.1. The summed E-state index contributed by atoms with van der Waals surface area (Å²) in [6, 6.07) is 11.9. The van der Waals surface area contributed by atoms with Crippen LogP contribution in [-0.4, -0.2) is 71.3 Å². The lowest BCUT2D eigenvalue weighted by molar-refractivity contribution is -0.134. The van der Waals surface area contributed by atoms with Gasteiger partial charge in [0.1, 0.15) is 18.2 Å². The van der Waals surface area contributed by atoms with Crippen LogP contribution in [0.2, 0.25) is 0 Å². The second-order valence-corrected chi connectivity index (χ2v) is 9.08. The molecule has 8 nitrogen and oxygen atoms in total. The first kappa shape index (κ1) is 25.5. The van der Waals surface area contributed by atoms with Crippen molar-refractivity contribution in [2.24, 2.45) is 0 Å². The minimum atomic E-state index is -0.480. The van der Waals surface area contributed by atoms with Crippen molar-refractivity contribution in [2.45, 2.75) is 25.0 Å². The molecular weight excluding hydrogens is 468 g/mol. The van der Waals surface area contributed by atoms with Crippen LogP contribution in [0, 0.1) is 11.6 Å². The summed E-state index contributed by atoms with van der Waals surface area (Å²) in [4.78, 5) is 28.1. The second-order valence-electron chi connectivity index (χ2n) is 9.08. The summed E-state index contributed by atoms with van der Waals surface area (Å²) >= 11 is 0. The van der Waals surface area contributed by atoms with Gasteiger partial charge in [-0.25, -0.2) is 8.78 Å². The molecule has 10 heteroatoms. The van der Waals surface area contributed by atoms with Gasteiger partial charge in [-0.3, -0.25) is 19.2 Å². The number of likely N-dealkylation sites (N-methyl/N-ethyl adjacent to an activating group) is 1. The van der Waals surface area contributed by atoms with Crippen molar-refractivity contribution in [3.63, 3.8) is 0 Å². The second kappa shape index (κ2) is 11.4. The van der Waals surface area contributed by atoms with Crippen molar-refractivity contribution in [2.75, 3.05) is 39.2 Å². The van der Waals surface area contributed by atoms with Crippen LogP contribution in [0.25, 0.3) is 0 Å². The molecule has 2 aromatic carbocycles.